The SMILES string of the molecule is CC(NCc1ccc2c(n1)CCCC2)c1ccoc1. The quantitative estimate of drug-likeness (QED) is 0.911. The van der Waals surface area contributed by atoms with Gasteiger partial charge in [-0.05, 0) is 50.3 Å². The van der Waals surface area contributed by atoms with E-state index in [0.29, 0.717) is 0 Å². The van der Waals surface area contributed by atoms with E-state index in [1.165, 1.54) is 36.1 Å². The van der Waals surface area contributed by atoms with Crippen LogP contribution in [0.5, 0.6) is 0 Å². The van der Waals surface area contributed by atoms with Crippen molar-refractivity contribution in [3.63, 3.8) is 0 Å². The molecule has 19 heavy (non-hydrogen) atoms. The molecule has 1 aliphatic carbocycles. The topological polar surface area (TPSA) is 38.1 Å². The number of hydrogen-bond donors (Lipinski definition) is 1. The van der Waals surface area contributed by atoms with Crippen LogP contribution in [-0.2, 0) is 19.4 Å². The van der Waals surface area contributed by atoms with Gasteiger partial charge in [-0.15, -0.1) is 0 Å². The first kappa shape index (κ1) is 12.4. The molecule has 1 atom stereocenters. The molecule has 0 saturated heterocycles. The minimum atomic E-state index is 0.289. The number of pyridine rings is 1. The first-order valence-electron chi connectivity index (χ1n) is 7.06. The summed E-state index contributed by atoms with van der Waals surface area (Å²) in [5.41, 5.74) is 5.06. The van der Waals surface area contributed by atoms with Gasteiger partial charge in [-0.2, -0.15) is 0 Å². The third-order valence-corrected chi connectivity index (χ3v) is 3.87. The predicted octanol–water partition coefficient (Wildman–Crippen LogP) is 3.40. The van der Waals surface area contributed by atoms with Gasteiger partial charge in [0.2, 0.25) is 0 Å². The molecule has 0 spiro atoms. The van der Waals surface area contributed by atoms with E-state index in [2.05, 4.69) is 24.4 Å². The Morgan fingerprint density at radius 3 is 3.00 bits per heavy atom. The van der Waals surface area contributed by atoms with Gasteiger partial charge in [0, 0.05) is 23.8 Å². The van der Waals surface area contributed by atoms with E-state index >= 15 is 0 Å². The summed E-state index contributed by atoms with van der Waals surface area (Å²) in [5.74, 6) is 0. The second kappa shape index (κ2) is 5.57. The van der Waals surface area contributed by atoms with Crippen LogP contribution < -0.4 is 5.32 Å². The fraction of sp³-hybridized carbons (Fsp3) is 0.438. The number of hydrogen-bond acceptors (Lipinski definition) is 3. The lowest BCUT2D eigenvalue weighted by Crippen LogP contribution is -2.19. The van der Waals surface area contributed by atoms with E-state index in [9.17, 15) is 0 Å². The average molecular weight is 256 g/mol. The first-order valence-corrected chi connectivity index (χ1v) is 7.06. The smallest absolute Gasteiger partial charge is 0.0950 e. The largest absolute Gasteiger partial charge is 0.472 e. The van der Waals surface area contributed by atoms with Crippen LogP contribution in [0.15, 0.2) is 35.1 Å². The van der Waals surface area contributed by atoms with Gasteiger partial charge < -0.3 is 9.73 Å². The Kier molecular flexibility index (Phi) is 3.65. The Bertz CT molecular complexity index is 534. The summed E-state index contributed by atoms with van der Waals surface area (Å²) >= 11 is 0. The van der Waals surface area contributed by atoms with E-state index in [-0.39, 0.29) is 6.04 Å². The second-order valence-corrected chi connectivity index (χ2v) is 5.27. The van der Waals surface area contributed by atoms with Crippen LogP contribution in [-0.4, -0.2) is 4.98 Å². The van der Waals surface area contributed by atoms with Crippen molar-refractivity contribution in [3.8, 4) is 0 Å². The van der Waals surface area contributed by atoms with Gasteiger partial charge in [0.25, 0.3) is 0 Å². The molecule has 0 bridgehead atoms. The van der Waals surface area contributed by atoms with E-state index in [4.69, 9.17) is 9.40 Å². The Morgan fingerprint density at radius 2 is 2.16 bits per heavy atom. The van der Waals surface area contributed by atoms with Crippen LogP contribution >= 0.6 is 0 Å². The summed E-state index contributed by atoms with van der Waals surface area (Å²) < 4.78 is 5.11. The molecule has 1 N–H and O–H groups in total. The van der Waals surface area contributed by atoms with E-state index in [1.807, 2.05) is 6.07 Å². The molecule has 2 heterocycles. The molecule has 0 aliphatic heterocycles. The minimum Gasteiger partial charge on any atom is -0.472 e. The van der Waals surface area contributed by atoms with Gasteiger partial charge in [0.1, 0.15) is 0 Å². The number of furan rings is 1. The number of nitrogens with one attached hydrogen (secondary N) is 1. The number of fused-ring (bicyclic) bond motifs is 1. The lowest BCUT2D eigenvalue weighted by molar-refractivity contribution is 0.534. The van der Waals surface area contributed by atoms with Crippen LogP contribution in [0.4, 0.5) is 0 Å². The molecule has 100 valence electrons. The van der Waals surface area contributed by atoms with E-state index < -0.39 is 0 Å². The summed E-state index contributed by atoms with van der Waals surface area (Å²) in [7, 11) is 0. The minimum absolute atomic E-state index is 0.289. The van der Waals surface area contributed by atoms with Crippen molar-refractivity contribution < 1.29 is 4.42 Å². The normalized spacial score (nSPS) is 16.1. The molecule has 0 saturated carbocycles. The van der Waals surface area contributed by atoms with Gasteiger partial charge in [-0.3, -0.25) is 4.98 Å². The molecule has 2 aromatic heterocycles. The molecule has 0 amide bonds. The van der Waals surface area contributed by atoms with Crippen LogP contribution in [0.1, 0.15) is 48.3 Å². The summed E-state index contributed by atoms with van der Waals surface area (Å²) in [6.07, 6.45) is 8.43. The highest BCUT2D eigenvalue weighted by Gasteiger charge is 2.11. The predicted molar refractivity (Wildman–Crippen MR) is 74.8 cm³/mol. The Labute approximate surface area is 114 Å². The standard InChI is InChI=1S/C16H20N2O/c1-12(14-8-9-19-11-14)17-10-15-7-6-13-4-2-3-5-16(13)18-15/h6-9,11-12,17H,2-5,10H2,1H3. The lowest BCUT2D eigenvalue weighted by Gasteiger charge is -2.16. The fourth-order valence-electron chi connectivity index (χ4n) is 2.62. The zero-order valence-electron chi connectivity index (χ0n) is 11.4. The summed E-state index contributed by atoms with van der Waals surface area (Å²) in [5, 5.41) is 3.49. The van der Waals surface area contributed by atoms with Crippen molar-refractivity contribution in [1.29, 1.82) is 0 Å². The maximum atomic E-state index is 5.11. The highest BCUT2D eigenvalue weighted by atomic mass is 16.3. The van der Waals surface area contributed by atoms with Crippen molar-refractivity contribution in [2.24, 2.45) is 0 Å². The first-order chi connectivity index (χ1) is 9.33. The van der Waals surface area contributed by atoms with Gasteiger partial charge in [-0.25, -0.2) is 0 Å². The number of nitrogens with zero attached hydrogens (tertiary/aromatic N) is 1. The Hall–Kier alpha value is -1.61. The number of aryl methyl sites for hydroxylation is 2. The van der Waals surface area contributed by atoms with Crippen LogP contribution in [0.2, 0.25) is 0 Å². The van der Waals surface area contributed by atoms with Crippen molar-refractivity contribution in [2.45, 2.75) is 45.2 Å². The van der Waals surface area contributed by atoms with Gasteiger partial charge in [-0.1, -0.05) is 6.07 Å². The van der Waals surface area contributed by atoms with Gasteiger partial charge in [0.15, 0.2) is 0 Å². The van der Waals surface area contributed by atoms with Crippen molar-refractivity contribution >= 4 is 0 Å². The third-order valence-electron chi connectivity index (χ3n) is 3.87. The third kappa shape index (κ3) is 2.87. The van der Waals surface area contributed by atoms with Crippen molar-refractivity contribution in [1.82, 2.24) is 10.3 Å². The summed E-state index contributed by atoms with van der Waals surface area (Å²) in [6.45, 7) is 2.95. The summed E-state index contributed by atoms with van der Waals surface area (Å²) in [4.78, 5) is 4.78. The molecule has 0 radical (unpaired) electrons. The van der Waals surface area contributed by atoms with Gasteiger partial charge in [0.05, 0.1) is 18.2 Å². The molecule has 2 aromatic rings. The number of rotatable bonds is 4. The molecular weight excluding hydrogens is 236 g/mol. The fourth-order valence-corrected chi connectivity index (χ4v) is 2.62. The molecular formula is C16H20N2O. The highest BCUT2D eigenvalue weighted by molar-refractivity contribution is 5.25. The maximum Gasteiger partial charge on any atom is 0.0950 e. The second-order valence-electron chi connectivity index (χ2n) is 5.27. The zero-order valence-corrected chi connectivity index (χ0v) is 11.4. The van der Waals surface area contributed by atoms with Gasteiger partial charge >= 0.3 is 0 Å². The molecule has 0 aromatic carbocycles. The van der Waals surface area contributed by atoms with Crippen molar-refractivity contribution in [3.05, 3.63) is 53.2 Å². The highest BCUT2D eigenvalue weighted by Crippen LogP contribution is 2.20. The zero-order chi connectivity index (χ0) is 13.1. The molecule has 3 rings (SSSR count). The molecule has 3 nitrogen and oxygen atoms in total. The molecule has 3 heteroatoms. The Balaban J connectivity index is 1.64. The molecule has 1 aliphatic rings. The average Bonchev–Trinajstić information content (AvgIpc) is 2.99. The number of aromatic nitrogens is 1. The lowest BCUT2D eigenvalue weighted by atomic mass is 9.96. The maximum absolute atomic E-state index is 5.11. The van der Waals surface area contributed by atoms with E-state index in [1.54, 1.807) is 12.5 Å². The van der Waals surface area contributed by atoms with Crippen molar-refractivity contribution in [2.75, 3.05) is 0 Å². The van der Waals surface area contributed by atoms with E-state index in [0.717, 1.165) is 18.7 Å². The molecule has 0 fully saturated rings. The Morgan fingerprint density at radius 1 is 1.26 bits per heavy atom. The van der Waals surface area contributed by atoms with Crippen LogP contribution in [0.3, 0.4) is 0 Å². The van der Waals surface area contributed by atoms with Crippen LogP contribution in [0.25, 0.3) is 0 Å². The summed E-state index contributed by atoms with van der Waals surface area (Å²) in [6, 6.07) is 6.69. The molecule has 1 unspecified atom stereocenters. The monoisotopic (exact) mass is 256 g/mol. The van der Waals surface area contributed by atoms with Crippen LogP contribution in [0, 0.1) is 0 Å².